The van der Waals surface area contributed by atoms with Crippen molar-refractivity contribution in [1.82, 2.24) is 9.88 Å². The molecule has 8 heteroatoms. The summed E-state index contributed by atoms with van der Waals surface area (Å²) in [7, 11) is 0. The number of amides is 1. The number of carbonyl (C=O) groups excluding carboxylic acids is 1. The number of aromatic nitrogens is 1. The van der Waals surface area contributed by atoms with Crippen LogP contribution in [0.2, 0.25) is 0 Å². The van der Waals surface area contributed by atoms with Gasteiger partial charge in [0.25, 0.3) is 0 Å². The minimum Gasteiger partial charge on any atom is -0.480 e. The standard InChI is InChI=1S/C13H17N.C7H12N2O5/c1-10-9-14(13(2,3)4)12-8-6-5-7-11(10)12;8-4(7(13)14)1-2-5(10)9-3-6(11)12/h5-9H,1-4H3;4H,1-3,8H2,(H,9,10)(H,11,12)(H,13,14). The highest BCUT2D eigenvalue weighted by molar-refractivity contribution is 5.84. The highest BCUT2D eigenvalue weighted by atomic mass is 16.4. The van der Waals surface area contributed by atoms with Gasteiger partial charge < -0.3 is 25.8 Å². The molecule has 0 saturated heterocycles. The zero-order chi connectivity index (χ0) is 21.5. The Labute approximate surface area is 164 Å². The summed E-state index contributed by atoms with van der Waals surface area (Å²) in [6.07, 6.45) is 2.13. The Morgan fingerprint density at radius 1 is 1.18 bits per heavy atom. The quantitative estimate of drug-likeness (QED) is 0.595. The second kappa shape index (κ2) is 9.89. The van der Waals surface area contributed by atoms with Crippen molar-refractivity contribution in [2.24, 2.45) is 5.73 Å². The van der Waals surface area contributed by atoms with Gasteiger partial charge in [-0.15, -0.1) is 0 Å². The van der Waals surface area contributed by atoms with Gasteiger partial charge in [0.05, 0.1) is 0 Å². The lowest BCUT2D eigenvalue weighted by Gasteiger charge is -2.22. The Morgan fingerprint density at radius 3 is 2.32 bits per heavy atom. The summed E-state index contributed by atoms with van der Waals surface area (Å²) in [6, 6.07) is 7.48. The van der Waals surface area contributed by atoms with E-state index in [0.29, 0.717) is 0 Å². The van der Waals surface area contributed by atoms with Crippen molar-refractivity contribution in [3.8, 4) is 0 Å². The SMILES string of the molecule is Cc1cn(C(C)(C)C)c2ccccc12.NC(CCC(=O)NCC(=O)O)C(=O)O. The first kappa shape index (κ1) is 23.2. The number of carbonyl (C=O) groups is 3. The minimum atomic E-state index is -1.18. The van der Waals surface area contributed by atoms with Gasteiger partial charge >= 0.3 is 11.9 Å². The Bertz CT molecular complexity index is 836. The largest absolute Gasteiger partial charge is 0.480 e. The number of fused-ring (bicyclic) bond motifs is 1. The fraction of sp³-hybridized carbons (Fsp3) is 0.450. The number of para-hydroxylation sites is 1. The van der Waals surface area contributed by atoms with E-state index in [4.69, 9.17) is 15.9 Å². The third kappa shape index (κ3) is 7.03. The van der Waals surface area contributed by atoms with Crippen LogP contribution in [0.15, 0.2) is 30.5 Å². The molecule has 1 aromatic carbocycles. The van der Waals surface area contributed by atoms with E-state index in [-0.39, 0.29) is 18.4 Å². The molecule has 5 N–H and O–H groups in total. The number of aliphatic carboxylic acids is 2. The molecule has 28 heavy (non-hydrogen) atoms. The number of benzene rings is 1. The second-order valence-corrected chi connectivity index (χ2v) is 7.52. The maximum Gasteiger partial charge on any atom is 0.322 e. The van der Waals surface area contributed by atoms with Crippen molar-refractivity contribution in [3.05, 3.63) is 36.0 Å². The molecule has 0 bridgehead atoms. The summed E-state index contributed by atoms with van der Waals surface area (Å²) in [5, 5.41) is 20.0. The average molecular weight is 391 g/mol. The molecule has 0 aliphatic rings. The van der Waals surface area contributed by atoms with Gasteiger partial charge in [-0.05, 0) is 45.7 Å². The highest BCUT2D eigenvalue weighted by Crippen LogP contribution is 2.26. The molecule has 1 aromatic heterocycles. The first-order chi connectivity index (χ1) is 12.9. The number of rotatable bonds is 6. The average Bonchev–Trinajstić information content (AvgIpc) is 2.96. The smallest absolute Gasteiger partial charge is 0.322 e. The monoisotopic (exact) mass is 391 g/mol. The summed E-state index contributed by atoms with van der Waals surface area (Å²) >= 11 is 0. The van der Waals surface area contributed by atoms with Gasteiger partial charge in [0.2, 0.25) is 5.91 Å². The first-order valence-electron chi connectivity index (χ1n) is 8.97. The molecule has 8 nitrogen and oxygen atoms in total. The van der Waals surface area contributed by atoms with Crippen molar-refractivity contribution in [1.29, 1.82) is 0 Å². The maximum atomic E-state index is 10.9. The van der Waals surface area contributed by atoms with Crippen LogP contribution in [-0.2, 0) is 19.9 Å². The van der Waals surface area contributed by atoms with Crippen LogP contribution in [0.5, 0.6) is 0 Å². The number of carboxylic acids is 2. The van der Waals surface area contributed by atoms with Gasteiger partial charge in [-0.3, -0.25) is 14.4 Å². The molecule has 0 aliphatic heterocycles. The van der Waals surface area contributed by atoms with Crippen LogP contribution >= 0.6 is 0 Å². The van der Waals surface area contributed by atoms with E-state index in [0.717, 1.165) is 0 Å². The third-order valence-electron chi connectivity index (χ3n) is 4.07. The number of nitrogens with two attached hydrogens (primary N) is 1. The van der Waals surface area contributed by atoms with Crippen LogP contribution in [0, 0.1) is 6.92 Å². The molecule has 0 aliphatic carbocycles. The number of hydrogen-bond acceptors (Lipinski definition) is 4. The summed E-state index contributed by atoms with van der Waals surface area (Å²) in [5.41, 5.74) is 7.97. The molecule has 1 amide bonds. The molecule has 1 heterocycles. The van der Waals surface area contributed by atoms with E-state index in [1.165, 1.54) is 16.5 Å². The van der Waals surface area contributed by atoms with Gasteiger partial charge in [0.15, 0.2) is 0 Å². The normalized spacial score (nSPS) is 12.0. The fourth-order valence-electron chi connectivity index (χ4n) is 2.58. The molecule has 0 saturated carbocycles. The van der Waals surface area contributed by atoms with Gasteiger partial charge in [0, 0.05) is 29.1 Å². The van der Waals surface area contributed by atoms with E-state index in [1.807, 2.05) is 0 Å². The third-order valence-corrected chi connectivity index (χ3v) is 4.07. The molecular formula is C20H29N3O5. The lowest BCUT2D eigenvalue weighted by Crippen LogP contribution is -2.34. The Morgan fingerprint density at radius 2 is 1.79 bits per heavy atom. The molecule has 2 aromatic rings. The van der Waals surface area contributed by atoms with Crippen molar-refractivity contribution in [2.45, 2.75) is 52.1 Å². The fourth-order valence-corrected chi connectivity index (χ4v) is 2.58. The summed E-state index contributed by atoms with van der Waals surface area (Å²) in [5.74, 6) is -2.86. The van der Waals surface area contributed by atoms with Crippen LogP contribution in [0.3, 0.4) is 0 Å². The highest BCUT2D eigenvalue weighted by Gasteiger charge is 2.16. The van der Waals surface area contributed by atoms with E-state index in [1.54, 1.807) is 0 Å². The summed E-state index contributed by atoms with van der Waals surface area (Å²) in [4.78, 5) is 31.1. The van der Waals surface area contributed by atoms with Gasteiger partial charge in [0.1, 0.15) is 12.6 Å². The van der Waals surface area contributed by atoms with Crippen molar-refractivity contribution < 1.29 is 24.6 Å². The Balaban J connectivity index is 0.000000280. The van der Waals surface area contributed by atoms with Crippen LogP contribution in [-0.4, -0.2) is 45.2 Å². The molecule has 1 unspecified atom stereocenters. The first-order valence-corrected chi connectivity index (χ1v) is 8.97. The van der Waals surface area contributed by atoms with Gasteiger partial charge in [-0.1, -0.05) is 18.2 Å². The summed E-state index contributed by atoms with van der Waals surface area (Å²) in [6.45, 7) is 8.41. The number of nitrogens with zero attached hydrogens (tertiary/aromatic N) is 1. The molecule has 1 atom stereocenters. The van der Waals surface area contributed by atoms with E-state index in [2.05, 4.69) is 68.0 Å². The summed E-state index contributed by atoms with van der Waals surface area (Å²) < 4.78 is 2.34. The predicted octanol–water partition coefficient (Wildman–Crippen LogP) is 2.08. The number of carboxylic acid groups (broad SMARTS) is 2. The maximum absolute atomic E-state index is 10.9. The van der Waals surface area contributed by atoms with Crippen LogP contribution in [0.25, 0.3) is 10.9 Å². The number of hydrogen-bond donors (Lipinski definition) is 4. The zero-order valence-electron chi connectivity index (χ0n) is 16.7. The van der Waals surface area contributed by atoms with E-state index >= 15 is 0 Å². The van der Waals surface area contributed by atoms with Gasteiger partial charge in [-0.2, -0.15) is 0 Å². The Hall–Kier alpha value is -2.87. The van der Waals surface area contributed by atoms with Crippen molar-refractivity contribution in [3.63, 3.8) is 0 Å². The number of aryl methyl sites for hydroxylation is 1. The molecule has 0 radical (unpaired) electrons. The van der Waals surface area contributed by atoms with E-state index < -0.39 is 30.4 Å². The topological polar surface area (TPSA) is 135 Å². The van der Waals surface area contributed by atoms with Crippen LogP contribution in [0.4, 0.5) is 0 Å². The number of nitrogens with one attached hydrogen (secondary N) is 1. The van der Waals surface area contributed by atoms with Crippen LogP contribution in [0.1, 0.15) is 39.2 Å². The van der Waals surface area contributed by atoms with Crippen LogP contribution < -0.4 is 11.1 Å². The van der Waals surface area contributed by atoms with Crippen molar-refractivity contribution in [2.75, 3.05) is 6.54 Å². The van der Waals surface area contributed by atoms with Crippen molar-refractivity contribution >= 4 is 28.7 Å². The Kier molecular flexibility index (Phi) is 8.18. The lowest BCUT2D eigenvalue weighted by atomic mass is 10.1. The van der Waals surface area contributed by atoms with E-state index in [9.17, 15) is 14.4 Å². The minimum absolute atomic E-state index is 0.0131. The molecule has 0 spiro atoms. The second-order valence-electron chi connectivity index (χ2n) is 7.52. The van der Waals surface area contributed by atoms with Gasteiger partial charge in [-0.25, -0.2) is 0 Å². The molecule has 0 fully saturated rings. The zero-order valence-corrected chi connectivity index (χ0v) is 16.7. The molecule has 2 rings (SSSR count). The predicted molar refractivity (Wildman–Crippen MR) is 107 cm³/mol. The molecular weight excluding hydrogens is 362 g/mol. The molecule has 154 valence electrons. The lowest BCUT2D eigenvalue weighted by molar-refractivity contribution is -0.139.